The van der Waals surface area contributed by atoms with Crippen LogP contribution < -0.4 is 9.80 Å². The Morgan fingerprint density at radius 1 is 0.324 bits per heavy atom. The molecule has 0 fully saturated rings. The van der Waals surface area contributed by atoms with Gasteiger partial charge < -0.3 is 9.80 Å². The van der Waals surface area contributed by atoms with E-state index in [1.54, 1.807) is 0 Å². The summed E-state index contributed by atoms with van der Waals surface area (Å²) in [5, 5.41) is 7.45. The molecule has 0 spiro atoms. The van der Waals surface area contributed by atoms with Crippen LogP contribution in [0.3, 0.4) is 0 Å². The van der Waals surface area contributed by atoms with Crippen molar-refractivity contribution in [2.45, 2.75) is 12.0 Å². The van der Waals surface area contributed by atoms with Gasteiger partial charge in [-0.2, -0.15) is 0 Å². The zero-order valence-electron chi connectivity index (χ0n) is 37.5. The number of allylic oxidation sites excluding steroid dienone is 2. The minimum absolute atomic E-state index is 0.186. The van der Waals surface area contributed by atoms with Crippen LogP contribution in [0.15, 0.2) is 267 Å². The monoisotopic (exact) mass is 866 g/mol. The van der Waals surface area contributed by atoms with E-state index in [-0.39, 0.29) is 6.04 Å². The van der Waals surface area contributed by atoms with E-state index in [4.69, 9.17) is 0 Å². The molecule has 0 bridgehead atoms. The number of benzene rings is 11. The van der Waals surface area contributed by atoms with E-state index in [0.717, 1.165) is 22.6 Å². The van der Waals surface area contributed by atoms with E-state index in [9.17, 15) is 0 Å². The molecule has 0 N–H and O–H groups in total. The Morgan fingerprint density at radius 2 is 0.971 bits per heavy atom. The van der Waals surface area contributed by atoms with Crippen LogP contribution in [0.5, 0.6) is 0 Å². The molecule has 2 atom stereocenters. The molecular formula is C66H46N2. The fraction of sp³-hybridized carbons (Fsp3) is 0.0303. The molecule has 11 aromatic carbocycles. The lowest BCUT2D eigenvalue weighted by molar-refractivity contribution is 0.745. The lowest BCUT2D eigenvalue weighted by Gasteiger charge is -2.31. The fourth-order valence-electron chi connectivity index (χ4n) is 10.9. The van der Waals surface area contributed by atoms with Crippen molar-refractivity contribution < 1.29 is 0 Å². The molecule has 68 heavy (non-hydrogen) atoms. The number of para-hydroxylation sites is 2. The predicted octanol–water partition coefficient (Wildman–Crippen LogP) is 18.0. The Hall–Kier alpha value is -8.72. The predicted molar refractivity (Wildman–Crippen MR) is 289 cm³/mol. The van der Waals surface area contributed by atoms with Crippen molar-refractivity contribution >= 4 is 60.8 Å². The second-order valence-corrected chi connectivity index (χ2v) is 18.0. The second kappa shape index (κ2) is 16.6. The maximum absolute atomic E-state index is 2.56. The SMILES string of the molecule is C1=CC2c3ccccc3N(c3ccc(-c4ccccc4)cc3-c3ccc(N(c4cccc(-c5ccc6ccccc6c5)c4)c4ccccc4-c4cc5ccccc5c5ccccc45)cc3)C2C=C1. The molecule has 0 amide bonds. The highest BCUT2D eigenvalue weighted by Gasteiger charge is 2.38. The lowest BCUT2D eigenvalue weighted by atomic mass is 9.91. The zero-order chi connectivity index (χ0) is 45.0. The molecule has 11 aromatic rings. The van der Waals surface area contributed by atoms with Crippen LogP contribution in [0.2, 0.25) is 0 Å². The van der Waals surface area contributed by atoms with Gasteiger partial charge in [0.25, 0.3) is 0 Å². The maximum atomic E-state index is 2.56. The highest BCUT2D eigenvalue weighted by Crippen LogP contribution is 2.51. The van der Waals surface area contributed by atoms with Crippen molar-refractivity contribution in [3.05, 3.63) is 273 Å². The van der Waals surface area contributed by atoms with Gasteiger partial charge in [-0.05, 0) is 132 Å². The van der Waals surface area contributed by atoms with Gasteiger partial charge in [-0.3, -0.25) is 0 Å². The average molecular weight is 867 g/mol. The summed E-state index contributed by atoms with van der Waals surface area (Å²) in [5.74, 6) is 0.291. The standard InChI is InChI=1S/C66H46N2/c1-2-17-45(18-3-1)51-37-40-66(68-64-31-14-10-27-58(64)59-28-11-15-32-65(59)68)61(43-51)47-35-38-53(39-36-47)67(54-23-16-22-49(42-54)50-34-33-46-19-4-5-20-48(46)41-50)63-30-13-12-29-60(63)62-44-52-21-6-7-24-55(52)56-25-8-9-26-57(56)62/h1-44,58,64H. The van der Waals surface area contributed by atoms with E-state index in [0.29, 0.717) is 5.92 Å². The first-order valence-electron chi connectivity index (χ1n) is 23.7. The van der Waals surface area contributed by atoms with Crippen molar-refractivity contribution in [2.24, 2.45) is 0 Å². The van der Waals surface area contributed by atoms with Crippen LogP contribution in [-0.2, 0) is 0 Å². The van der Waals surface area contributed by atoms with Gasteiger partial charge in [-0.25, -0.2) is 0 Å². The van der Waals surface area contributed by atoms with Gasteiger partial charge >= 0.3 is 0 Å². The third-order valence-corrected chi connectivity index (χ3v) is 14.1. The lowest BCUT2D eigenvalue weighted by Crippen LogP contribution is -2.28. The second-order valence-electron chi connectivity index (χ2n) is 18.0. The van der Waals surface area contributed by atoms with Crippen molar-refractivity contribution in [1.82, 2.24) is 0 Å². The first kappa shape index (κ1) is 39.6. The number of hydrogen-bond donors (Lipinski definition) is 0. The molecule has 2 aliphatic rings. The number of anilines is 5. The Balaban J connectivity index is 0.994. The molecule has 2 heteroatoms. The molecule has 2 nitrogen and oxygen atoms in total. The van der Waals surface area contributed by atoms with Crippen LogP contribution in [0.1, 0.15) is 11.5 Å². The third kappa shape index (κ3) is 6.81. The summed E-state index contributed by atoms with van der Waals surface area (Å²) >= 11 is 0. The van der Waals surface area contributed by atoms with Crippen LogP contribution in [0.25, 0.3) is 76.8 Å². The summed E-state index contributed by atoms with van der Waals surface area (Å²) < 4.78 is 0. The molecule has 0 saturated heterocycles. The number of hydrogen-bond acceptors (Lipinski definition) is 2. The minimum atomic E-state index is 0.186. The minimum Gasteiger partial charge on any atom is -0.333 e. The summed E-state index contributed by atoms with van der Waals surface area (Å²) in [7, 11) is 0. The number of nitrogens with zero attached hydrogens (tertiary/aromatic N) is 2. The first-order chi connectivity index (χ1) is 33.7. The molecule has 320 valence electrons. The Kier molecular flexibility index (Phi) is 9.68. The summed E-state index contributed by atoms with van der Waals surface area (Å²) in [4.78, 5) is 5.02. The van der Waals surface area contributed by atoms with E-state index in [1.807, 2.05) is 0 Å². The van der Waals surface area contributed by atoms with Crippen LogP contribution >= 0.6 is 0 Å². The molecular weight excluding hydrogens is 821 g/mol. The van der Waals surface area contributed by atoms with E-state index in [1.165, 1.54) is 88.2 Å². The summed E-state index contributed by atoms with van der Waals surface area (Å²) in [6.07, 6.45) is 9.12. The van der Waals surface area contributed by atoms with Crippen LogP contribution in [0, 0.1) is 0 Å². The molecule has 1 aliphatic carbocycles. The van der Waals surface area contributed by atoms with Gasteiger partial charge in [0.15, 0.2) is 0 Å². The zero-order valence-corrected chi connectivity index (χ0v) is 37.5. The molecule has 1 heterocycles. The largest absolute Gasteiger partial charge is 0.333 e. The highest BCUT2D eigenvalue weighted by atomic mass is 15.2. The van der Waals surface area contributed by atoms with Crippen molar-refractivity contribution in [3.63, 3.8) is 0 Å². The van der Waals surface area contributed by atoms with Gasteiger partial charge in [-0.15, -0.1) is 0 Å². The maximum Gasteiger partial charge on any atom is 0.0629 e. The highest BCUT2D eigenvalue weighted by molar-refractivity contribution is 6.15. The molecule has 1 aliphatic heterocycles. The first-order valence-corrected chi connectivity index (χ1v) is 23.7. The van der Waals surface area contributed by atoms with Crippen LogP contribution in [-0.4, -0.2) is 6.04 Å². The van der Waals surface area contributed by atoms with Crippen molar-refractivity contribution in [3.8, 4) is 44.5 Å². The molecule has 2 unspecified atom stereocenters. The smallest absolute Gasteiger partial charge is 0.0629 e. The summed E-state index contributed by atoms with van der Waals surface area (Å²) in [6.45, 7) is 0. The Morgan fingerprint density at radius 3 is 1.85 bits per heavy atom. The molecule has 0 saturated carbocycles. The van der Waals surface area contributed by atoms with Gasteiger partial charge in [0.05, 0.1) is 11.7 Å². The molecule has 0 radical (unpaired) electrons. The van der Waals surface area contributed by atoms with Crippen molar-refractivity contribution in [2.75, 3.05) is 9.80 Å². The van der Waals surface area contributed by atoms with Gasteiger partial charge in [0.2, 0.25) is 0 Å². The summed E-state index contributed by atoms with van der Waals surface area (Å²) in [6, 6.07) is 89.5. The Bertz CT molecular complexity index is 3770. The van der Waals surface area contributed by atoms with Gasteiger partial charge in [0.1, 0.15) is 0 Å². The molecule has 13 rings (SSSR count). The quantitative estimate of drug-likeness (QED) is 0.140. The summed E-state index contributed by atoms with van der Waals surface area (Å²) in [5.41, 5.74) is 16.6. The van der Waals surface area contributed by atoms with E-state index < -0.39 is 0 Å². The van der Waals surface area contributed by atoms with Gasteiger partial charge in [0, 0.05) is 39.8 Å². The van der Waals surface area contributed by atoms with E-state index >= 15 is 0 Å². The topological polar surface area (TPSA) is 6.48 Å². The van der Waals surface area contributed by atoms with Crippen LogP contribution in [0.4, 0.5) is 28.4 Å². The third-order valence-electron chi connectivity index (χ3n) is 14.1. The van der Waals surface area contributed by atoms with Gasteiger partial charge in [-0.1, -0.05) is 206 Å². The normalized spacial score (nSPS) is 14.9. The Labute approximate surface area is 397 Å². The van der Waals surface area contributed by atoms with Crippen molar-refractivity contribution in [1.29, 1.82) is 0 Å². The molecule has 0 aromatic heterocycles. The average Bonchev–Trinajstić information content (AvgIpc) is 3.75. The fourth-order valence-corrected chi connectivity index (χ4v) is 10.9. The number of fused-ring (bicyclic) bond motifs is 7. The number of rotatable bonds is 8. The van der Waals surface area contributed by atoms with E-state index in [2.05, 4.69) is 277 Å².